The number of aromatic nitrogens is 2. The van der Waals surface area contributed by atoms with Crippen molar-refractivity contribution in [3.8, 4) is 5.75 Å². The van der Waals surface area contributed by atoms with Crippen LogP contribution >= 0.6 is 0 Å². The predicted octanol–water partition coefficient (Wildman–Crippen LogP) is 3.15. The Hall–Kier alpha value is -2.08. The van der Waals surface area contributed by atoms with Crippen molar-refractivity contribution in [2.24, 2.45) is 5.92 Å². The first-order chi connectivity index (χ1) is 13.6. The van der Waals surface area contributed by atoms with Gasteiger partial charge in [-0.15, -0.1) is 0 Å². The Morgan fingerprint density at radius 3 is 2.61 bits per heavy atom. The molecule has 150 valence electrons. The van der Waals surface area contributed by atoms with Crippen molar-refractivity contribution in [1.29, 1.82) is 0 Å². The molecule has 2 aromatic heterocycles. The van der Waals surface area contributed by atoms with E-state index in [1.165, 1.54) is 12.8 Å². The zero-order valence-electron chi connectivity index (χ0n) is 16.9. The molecule has 2 fully saturated rings. The largest absolute Gasteiger partial charge is 0.489 e. The summed E-state index contributed by atoms with van der Waals surface area (Å²) in [5.41, 5.74) is 1.67. The van der Waals surface area contributed by atoms with E-state index in [4.69, 9.17) is 4.74 Å². The van der Waals surface area contributed by atoms with Crippen LogP contribution in [0.15, 0.2) is 18.3 Å². The number of carbonyl (C=O) groups excluding carboxylic acids is 1. The highest BCUT2D eigenvalue weighted by atomic mass is 16.5. The number of pyridine rings is 1. The second kappa shape index (κ2) is 7.07. The number of likely N-dealkylation sites (tertiary alicyclic amines) is 1. The second-order valence-electron chi connectivity index (χ2n) is 8.91. The standard InChI is InChI=1S/C22H30N4O2/c1-15(2)24-7-5-18(6-8-24)28-19-11-17-12-20-22(27)25(14-16-3-4-16)9-10-26(20)21(17)23-13-19/h11-13,15-16,18H,3-10,14H2,1-2H3. The van der Waals surface area contributed by atoms with Crippen molar-refractivity contribution in [2.45, 2.75) is 58.2 Å². The number of ether oxygens (including phenoxy) is 1. The molecule has 0 aromatic carbocycles. The van der Waals surface area contributed by atoms with Gasteiger partial charge in [-0.25, -0.2) is 4.98 Å². The van der Waals surface area contributed by atoms with E-state index in [2.05, 4.69) is 34.4 Å². The molecule has 0 unspecified atom stereocenters. The SMILES string of the molecule is CC(C)N1CCC(Oc2cnc3c(c2)cc2n3CCN(CC3CC3)C2=O)CC1. The molecule has 1 amide bonds. The summed E-state index contributed by atoms with van der Waals surface area (Å²) in [7, 11) is 0. The van der Waals surface area contributed by atoms with E-state index in [9.17, 15) is 4.79 Å². The van der Waals surface area contributed by atoms with Crippen LogP contribution in [0.3, 0.4) is 0 Å². The lowest BCUT2D eigenvalue weighted by molar-refractivity contribution is 0.0698. The molecule has 2 aliphatic heterocycles. The zero-order valence-corrected chi connectivity index (χ0v) is 16.9. The van der Waals surface area contributed by atoms with Crippen LogP contribution in [0, 0.1) is 5.92 Å². The monoisotopic (exact) mass is 382 g/mol. The molecule has 3 aliphatic rings. The Labute approximate surface area is 166 Å². The molecule has 0 spiro atoms. The van der Waals surface area contributed by atoms with Gasteiger partial charge in [0.15, 0.2) is 0 Å². The van der Waals surface area contributed by atoms with Gasteiger partial charge in [0.2, 0.25) is 0 Å². The highest BCUT2D eigenvalue weighted by molar-refractivity contribution is 5.98. The van der Waals surface area contributed by atoms with Crippen LogP contribution < -0.4 is 4.74 Å². The summed E-state index contributed by atoms with van der Waals surface area (Å²) < 4.78 is 8.31. The maximum Gasteiger partial charge on any atom is 0.270 e. The molecule has 6 heteroatoms. The van der Waals surface area contributed by atoms with E-state index in [-0.39, 0.29) is 12.0 Å². The van der Waals surface area contributed by atoms with Gasteiger partial charge in [0.1, 0.15) is 23.2 Å². The number of amides is 1. The first-order valence-electron chi connectivity index (χ1n) is 10.8. The van der Waals surface area contributed by atoms with Crippen LogP contribution in [0.5, 0.6) is 5.75 Å². The summed E-state index contributed by atoms with van der Waals surface area (Å²) in [6, 6.07) is 4.66. The van der Waals surface area contributed by atoms with Crippen molar-refractivity contribution in [3.05, 3.63) is 24.0 Å². The van der Waals surface area contributed by atoms with E-state index in [0.717, 1.165) is 74.0 Å². The van der Waals surface area contributed by atoms with Gasteiger partial charge in [0, 0.05) is 44.2 Å². The molecule has 0 atom stereocenters. The smallest absolute Gasteiger partial charge is 0.270 e. The highest BCUT2D eigenvalue weighted by Gasteiger charge is 2.32. The molecule has 1 saturated carbocycles. The molecule has 5 rings (SSSR count). The summed E-state index contributed by atoms with van der Waals surface area (Å²) in [6.07, 6.45) is 6.72. The molecular formula is C22H30N4O2. The third-order valence-electron chi connectivity index (χ3n) is 6.49. The van der Waals surface area contributed by atoms with Gasteiger partial charge in [-0.1, -0.05) is 0 Å². The number of carbonyl (C=O) groups is 1. The molecule has 6 nitrogen and oxygen atoms in total. The fourth-order valence-electron chi connectivity index (χ4n) is 4.57. The number of hydrogen-bond acceptors (Lipinski definition) is 4. The van der Waals surface area contributed by atoms with Gasteiger partial charge < -0.3 is 19.1 Å². The highest BCUT2D eigenvalue weighted by Crippen LogP contribution is 2.32. The van der Waals surface area contributed by atoms with Gasteiger partial charge >= 0.3 is 0 Å². The topological polar surface area (TPSA) is 50.6 Å². The van der Waals surface area contributed by atoms with Crippen LogP contribution in [-0.2, 0) is 6.54 Å². The third kappa shape index (κ3) is 3.39. The Bertz CT molecular complexity index is 878. The molecule has 0 N–H and O–H groups in total. The van der Waals surface area contributed by atoms with Gasteiger partial charge in [0.05, 0.1) is 6.20 Å². The van der Waals surface area contributed by atoms with Crippen LogP contribution in [0.4, 0.5) is 0 Å². The summed E-state index contributed by atoms with van der Waals surface area (Å²) in [6.45, 7) is 9.21. The lowest BCUT2D eigenvalue weighted by Gasteiger charge is -2.34. The Morgan fingerprint density at radius 2 is 1.89 bits per heavy atom. The van der Waals surface area contributed by atoms with E-state index in [1.54, 1.807) is 0 Å². The van der Waals surface area contributed by atoms with E-state index >= 15 is 0 Å². The molecular weight excluding hydrogens is 352 g/mol. The van der Waals surface area contributed by atoms with Crippen molar-refractivity contribution >= 4 is 16.9 Å². The van der Waals surface area contributed by atoms with Crippen LogP contribution in [0.1, 0.15) is 50.0 Å². The minimum Gasteiger partial charge on any atom is -0.489 e. The Kier molecular flexibility index (Phi) is 4.54. The minimum absolute atomic E-state index is 0.152. The second-order valence-corrected chi connectivity index (χ2v) is 8.91. The number of rotatable bonds is 5. The van der Waals surface area contributed by atoms with Crippen LogP contribution in [-0.4, -0.2) is 63.6 Å². The number of piperidine rings is 1. The molecule has 2 aromatic rings. The Balaban J connectivity index is 1.31. The number of hydrogen-bond donors (Lipinski definition) is 0. The zero-order chi connectivity index (χ0) is 19.3. The third-order valence-corrected chi connectivity index (χ3v) is 6.49. The number of fused-ring (bicyclic) bond motifs is 3. The fraction of sp³-hybridized carbons (Fsp3) is 0.636. The molecule has 0 bridgehead atoms. The normalized spacial score (nSPS) is 21.5. The molecule has 28 heavy (non-hydrogen) atoms. The van der Waals surface area contributed by atoms with Gasteiger partial charge in [-0.05, 0) is 57.6 Å². The van der Waals surface area contributed by atoms with E-state index < -0.39 is 0 Å². The van der Waals surface area contributed by atoms with Gasteiger partial charge in [-0.3, -0.25) is 4.79 Å². The van der Waals surface area contributed by atoms with E-state index in [0.29, 0.717) is 6.04 Å². The maximum atomic E-state index is 12.9. The van der Waals surface area contributed by atoms with Gasteiger partial charge in [0.25, 0.3) is 5.91 Å². The summed E-state index contributed by atoms with van der Waals surface area (Å²) >= 11 is 0. The summed E-state index contributed by atoms with van der Waals surface area (Å²) in [5, 5.41) is 1.01. The quantitative estimate of drug-likeness (QED) is 0.797. The van der Waals surface area contributed by atoms with Gasteiger partial charge in [-0.2, -0.15) is 0 Å². The van der Waals surface area contributed by atoms with Crippen molar-refractivity contribution < 1.29 is 9.53 Å². The Morgan fingerprint density at radius 1 is 1.11 bits per heavy atom. The van der Waals surface area contributed by atoms with Crippen molar-refractivity contribution in [2.75, 3.05) is 26.2 Å². The lowest BCUT2D eigenvalue weighted by atomic mass is 10.1. The molecule has 0 radical (unpaired) electrons. The van der Waals surface area contributed by atoms with E-state index in [1.807, 2.05) is 17.2 Å². The predicted molar refractivity (Wildman–Crippen MR) is 109 cm³/mol. The average molecular weight is 383 g/mol. The summed E-state index contributed by atoms with van der Waals surface area (Å²) in [4.78, 5) is 22.1. The fourth-order valence-corrected chi connectivity index (χ4v) is 4.57. The maximum absolute atomic E-state index is 12.9. The molecule has 1 saturated heterocycles. The van der Waals surface area contributed by atoms with Crippen molar-refractivity contribution in [3.63, 3.8) is 0 Å². The average Bonchev–Trinajstić information content (AvgIpc) is 3.43. The lowest BCUT2D eigenvalue weighted by Crippen LogP contribution is -2.41. The minimum atomic E-state index is 0.152. The van der Waals surface area contributed by atoms with Crippen molar-refractivity contribution in [1.82, 2.24) is 19.4 Å². The number of nitrogens with zero attached hydrogens (tertiary/aromatic N) is 4. The first-order valence-corrected chi connectivity index (χ1v) is 10.8. The molecule has 1 aliphatic carbocycles. The van der Waals surface area contributed by atoms with Crippen LogP contribution in [0.2, 0.25) is 0 Å². The molecule has 4 heterocycles. The first kappa shape index (κ1) is 18.0. The van der Waals surface area contributed by atoms with Crippen LogP contribution in [0.25, 0.3) is 11.0 Å². The summed E-state index contributed by atoms with van der Waals surface area (Å²) in [5.74, 6) is 1.69.